The molecule has 0 aliphatic heterocycles. The summed E-state index contributed by atoms with van der Waals surface area (Å²) in [6.07, 6.45) is 3.52. The number of benzene rings is 2. The van der Waals surface area contributed by atoms with Crippen molar-refractivity contribution in [1.29, 1.82) is 0 Å². The second kappa shape index (κ2) is 6.14. The third-order valence-electron chi connectivity index (χ3n) is 3.45. The molecule has 0 fully saturated rings. The van der Waals surface area contributed by atoms with E-state index < -0.39 is 0 Å². The fraction of sp³-hybridized carbons (Fsp3) is 0.118. The molecule has 0 saturated carbocycles. The van der Waals surface area contributed by atoms with Gasteiger partial charge in [-0.05, 0) is 36.2 Å². The molecule has 1 unspecified atom stereocenters. The van der Waals surface area contributed by atoms with Crippen LogP contribution in [0.25, 0.3) is 11.3 Å². The number of H-pyrrole nitrogens is 1. The molecule has 106 valence electrons. The Morgan fingerprint density at radius 2 is 1.86 bits per heavy atom. The molecule has 0 aliphatic carbocycles. The topological polar surface area (TPSA) is 40.7 Å². The van der Waals surface area contributed by atoms with Gasteiger partial charge >= 0.3 is 0 Å². The van der Waals surface area contributed by atoms with Gasteiger partial charge in [-0.1, -0.05) is 46.3 Å². The van der Waals surface area contributed by atoms with E-state index in [-0.39, 0.29) is 6.04 Å². The van der Waals surface area contributed by atoms with Gasteiger partial charge in [-0.25, -0.2) is 4.98 Å². The molecule has 3 rings (SSSR count). The molecular formula is C17H16BrN3. The van der Waals surface area contributed by atoms with E-state index in [0.717, 1.165) is 21.4 Å². The summed E-state index contributed by atoms with van der Waals surface area (Å²) in [5.74, 6) is 0. The molecule has 1 heterocycles. The number of aromatic nitrogens is 2. The van der Waals surface area contributed by atoms with E-state index in [0.29, 0.717) is 0 Å². The number of hydrogen-bond acceptors (Lipinski definition) is 2. The summed E-state index contributed by atoms with van der Waals surface area (Å²) in [6, 6.07) is 16.9. The minimum Gasteiger partial charge on any atom is -0.378 e. The Hall–Kier alpha value is -2.07. The van der Waals surface area contributed by atoms with Crippen LogP contribution in [0.4, 0.5) is 5.69 Å². The van der Waals surface area contributed by atoms with Crippen LogP contribution in [0.1, 0.15) is 18.5 Å². The van der Waals surface area contributed by atoms with E-state index in [1.54, 1.807) is 6.33 Å². The van der Waals surface area contributed by atoms with Crippen LogP contribution in [0.5, 0.6) is 0 Å². The van der Waals surface area contributed by atoms with Gasteiger partial charge < -0.3 is 10.3 Å². The van der Waals surface area contributed by atoms with Crippen LogP contribution in [0.15, 0.2) is 65.5 Å². The van der Waals surface area contributed by atoms with Crippen molar-refractivity contribution in [2.75, 3.05) is 5.32 Å². The number of rotatable bonds is 4. The Balaban J connectivity index is 1.75. The molecule has 3 aromatic rings. The zero-order chi connectivity index (χ0) is 14.7. The van der Waals surface area contributed by atoms with Gasteiger partial charge in [0.25, 0.3) is 0 Å². The fourth-order valence-electron chi connectivity index (χ4n) is 2.31. The van der Waals surface area contributed by atoms with Gasteiger partial charge in [0.2, 0.25) is 0 Å². The lowest BCUT2D eigenvalue weighted by atomic mass is 10.1. The molecule has 0 amide bonds. The maximum Gasteiger partial charge on any atom is 0.0924 e. The Bertz CT molecular complexity index is 705. The minimum absolute atomic E-state index is 0.235. The van der Waals surface area contributed by atoms with Gasteiger partial charge in [0.1, 0.15) is 0 Å². The Morgan fingerprint density at radius 1 is 1.10 bits per heavy atom. The van der Waals surface area contributed by atoms with Crippen LogP contribution in [-0.2, 0) is 0 Å². The number of hydrogen-bond donors (Lipinski definition) is 2. The number of anilines is 1. The molecule has 2 N–H and O–H groups in total. The lowest BCUT2D eigenvalue weighted by Gasteiger charge is -2.17. The van der Waals surface area contributed by atoms with Crippen LogP contribution in [-0.4, -0.2) is 9.97 Å². The highest BCUT2D eigenvalue weighted by Crippen LogP contribution is 2.27. The first-order valence-electron chi connectivity index (χ1n) is 6.84. The van der Waals surface area contributed by atoms with Crippen molar-refractivity contribution in [3.05, 3.63) is 71.1 Å². The second-order valence-electron chi connectivity index (χ2n) is 4.93. The summed E-state index contributed by atoms with van der Waals surface area (Å²) in [7, 11) is 0. The first-order valence-corrected chi connectivity index (χ1v) is 7.63. The molecule has 21 heavy (non-hydrogen) atoms. The van der Waals surface area contributed by atoms with Crippen molar-refractivity contribution in [2.45, 2.75) is 13.0 Å². The van der Waals surface area contributed by atoms with Crippen LogP contribution in [0.3, 0.4) is 0 Å². The van der Waals surface area contributed by atoms with E-state index in [1.165, 1.54) is 5.56 Å². The van der Waals surface area contributed by atoms with Crippen molar-refractivity contribution in [1.82, 2.24) is 9.97 Å². The lowest BCUT2D eigenvalue weighted by Crippen LogP contribution is -2.07. The molecule has 1 atom stereocenters. The zero-order valence-electron chi connectivity index (χ0n) is 11.7. The largest absolute Gasteiger partial charge is 0.378 e. The van der Waals surface area contributed by atoms with Crippen LogP contribution in [0.2, 0.25) is 0 Å². The molecule has 4 heteroatoms. The summed E-state index contributed by atoms with van der Waals surface area (Å²) >= 11 is 3.60. The Kier molecular flexibility index (Phi) is 4.06. The highest BCUT2D eigenvalue weighted by atomic mass is 79.9. The summed E-state index contributed by atoms with van der Waals surface area (Å²) < 4.78 is 1.12. The quantitative estimate of drug-likeness (QED) is 0.700. The van der Waals surface area contributed by atoms with E-state index in [2.05, 4.69) is 80.6 Å². The predicted molar refractivity (Wildman–Crippen MR) is 90.2 cm³/mol. The van der Waals surface area contributed by atoms with Gasteiger partial charge in [0.15, 0.2) is 0 Å². The first kappa shape index (κ1) is 13.9. The average Bonchev–Trinajstić information content (AvgIpc) is 3.02. The monoisotopic (exact) mass is 341 g/mol. The Labute approximate surface area is 132 Å². The highest BCUT2D eigenvalue weighted by molar-refractivity contribution is 9.10. The van der Waals surface area contributed by atoms with E-state index in [4.69, 9.17) is 0 Å². The molecule has 3 nitrogen and oxygen atoms in total. The number of nitrogens with one attached hydrogen (secondary N) is 2. The van der Waals surface area contributed by atoms with E-state index in [9.17, 15) is 0 Å². The number of aromatic amines is 1. The first-order chi connectivity index (χ1) is 10.2. The molecule has 0 bridgehead atoms. The van der Waals surface area contributed by atoms with Gasteiger partial charge in [0.05, 0.1) is 18.2 Å². The predicted octanol–water partition coefficient (Wildman–Crippen LogP) is 5.01. The van der Waals surface area contributed by atoms with Gasteiger partial charge in [-0.2, -0.15) is 0 Å². The molecular weight excluding hydrogens is 326 g/mol. The maximum atomic E-state index is 4.04. The summed E-state index contributed by atoms with van der Waals surface area (Å²) in [4.78, 5) is 7.15. The van der Waals surface area contributed by atoms with Crippen molar-refractivity contribution >= 4 is 21.6 Å². The number of imidazole rings is 1. The molecule has 0 spiro atoms. The van der Waals surface area contributed by atoms with Crippen LogP contribution in [0, 0.1) is 0 Å². The van der Waals surface area contributed by atoms with Crippen molar-refractivity contribution in [3.8, 4) is 11.3 Å². The summed E-state index contributed by atoms with van der Waals surface area (Å²) in [6.45, 7) is 2.16. The normalized spacial score (nSPS) is 12.1. The SMILES string of the molecule is CC(Nc1ccc(-c2cnc[nH]2)cc1)c1ccccc1Br. The molecule has 1 aromatic heterocycles. The lowest BCUT2D eigenvalue weighted by molar-refractivity contribution is 0.879. The average molecular weight is 342 g/mol. The van der Waals surface area contributed by atoms with Crippen LogP contribution >= 0.6 is 15.9 Å². The minimum atomic E-state index is 0.235. The Morgan fingerprint density at radius 3 is 2.52 bits per heavy atom. The second-order valence-corrected chi connectivity index (χ2v) is 5.78. The van der Waals surface area contributed by atoms with E-state index in [1.807, 2.05) is 12.3 Å². The third kappa shape index (κ3) is 3.16. The maximum absolute atomic E-state index is 4.04. The number of nitrogens with zero attached hydrogens (tertiary/aromatic N) is 1. The molecule has 0 radical (unpaired) electrons. The number of halogens is 1. The van der Waals surface area contributed by atoms with Crippen molar-refractivity contribution < 1.29 is 0 Å². The van der Waals surface area contributed by atoms with Gasteiger partial charge in [-0.3, -0.25) is 0 Å². The smallest absolute Gasteiger partial charge is 0.0924 e. The van der Waals surface area contributed by atoms with Crippen molar-refractivity contribution in [3.63, 3.8) is 0 Å². The van der Waals surface area contributed by atoms with Crippen LogP contribution < -0.4 is 5.32 Å². The standard InChI is InChI=1S/C17H16BrN3/c1-12(15-4-2-3-5-16(15)18)21-14-8-6-13(7-9-14)17-10-19-11-20-17/h2-12,21H,1H3,(H,19,20). The van der Waals surface area contributed by atoms with Gasteiger partial charge in [-0.15, -0.1) is 0 Å². The van der Waals surface area contributed by atoms with Gasteiger partial charge in [0, 0.05) is 16.2 Å². The summed E-state index contributed by atoms with van der Waals surface area (Å²) in [5, 5.41) is 3.52. The van der Waals surface area contributed by atoms with E-state index >= 15 is 0 Å². The third-order valence-corrected chi connectivity index (χ3v) is 4.17. The summed E-state index contributed by atoms with van der Waals surface area (Å²) in [5.41, 5.74) is 4.50. The fourth-order valence-corrected chi connectivity index (χ4v) is 2.94. The zero-order valence-corrected chi connectivity index (χ0v) is 13.3. The highest BCUT2D eigenvalue weighted by Gasteiger charge is 2.08. The molecule has 0 saturated heterocycles. The molecule has 0 aliphatic rings. The molecule has 2 aromatic carbocycles. The van der Waals surface area contributed by atoms with Crippen molar-refractivity contribution in [2.24, 2.45) is 0 Å².